The molecule has 2 heterocycles. The normalized spacial score (nSPS) is 19.7. The van der Waals surface area contributed by atoms with E-state index in [2.05, 4.69) is 11.1 Å². The molecular formula is C16H23N3O2S. The summed E-state index contributed by atoms with van der Waals surface area (Å²) in [6.45, 7) is 8.45. The van der Waals surface area contributed by atoms with Gasteiger partial charge in [-0.2, -0.15) is 5.26 Å². The van der Waals surface area contributed by atoms with E-state index < -0.39 is 14.6 Å². The van der Waals surface area contributed by atoms with Gasteiger partial charge in [0.1, 0.15) is 6.07 Å². The van der Waals surface area contributed by atoms with Crippen molar-refractivity contribution in [3.63, 3.8) is 0 Å². The first-order valence-corrected chi connectivity index (χ1v) is 9.31. The number of hydrogen-bond acceptors (Lipinski definition) is 5. The van der Waals surface area contributed by atoms with Crippen molar-refractivity contribution in [2.24, 2.45) is 0 Å². The van der Waals surface area contributed by atoms with Crippen LogP contribution < -0.4 is 4.90 Å². The molecule has 5 nitrogen and oxygen atoms in total. The molecule has 1 saturated heterocycles. The van der Waals surface area contributed by atoms with Crippen molar-refractivity contribution in [3.8, 4) is 6.07 Å². The van der Waals surface area contributed by atoms with Gasteiger partial charge < -0.3 is 4.90 Å². The SMILES string of the molecule is CCC1(CC)CN(c2cc(C)nc(C)c2C#N)CCS1(=O)=O. The fourth-order valence-electron chi connectivity index (χ4n) is 3.29. The van der Waals surface area contributed by atoms with Crippen LogP contribution in [0, 0.1) is 25.2 Å². The predicted molar refractivity (Wildman–Crippen MR) is 87.7 cm³/mol. The van der Waals surface area contributed by atoms with E-state index >= 15 is 0 Å². The summed E-state index contributed by atoms with van der Waals surface area (Å²) in [5.41, 5.74) is 2.91. The molecule has 1 aromatic rings. The molecule has 22 heavy (non-hydrogen) atoms. The van der Waals surface area contributed by atoms with Crippen LogP contribution in [0.4, 0.5) is 5.69 Å². The minimum Gasteiger partial charge on any atom is -0.368 e. The van der Waals surface area contributed by atoms with Crippen molar-refractivity contribution in [1.82, 2.24) is 4.98 Å². The van der Waals surface area contributed by atoms with E-state index in [1.165, 1.54) is 0 Å². The van der Waals surface area contributed by atoms with Crippen LogP contribution in [0.15, 0.2) is 6.07 Å². The maximum absolute atomic E-state index is 12.5. The molecule has 2 rings (SSSR count). The third-order valence-electron chi connectivity index (χ3n) is 4.82. The fourth-order valence-corrected chi connectivity index (χ4v) is 5.41. The van der Waals surface area contributed by atoms with Gasteiger partial charge in [0.05, 0.1) is 27.4 Å². The summed E-state index contributed by atoms with van der Waals surface area (Å²) in [5, 5.41) is 9.43. The van der Waals surface area contributed by atoms with Crippen LogP contribution in [0.1, 0.15) is 43.6 Å². The second kappa shape index (κ2) is 5.88. The Labute approximate surface area is 132 Å². The molecule has 1 aliphatic rings. The highest BCUT2D eigenvalue weighted by molar-refractivity contribution is 7.92. The van der Waals surface area contributed by atoms with Gasteiger partial charge in [-0.1, -0.05) is 13.8 Å². The average Bonchev–Trinajstić information content (AvgIpc) is 2.46. The Morgan fingerprint density at radius 2 is 2.00 bits per heavy atom. The Morgan fingerprint density at radius 1 is 1.36 bits per heavy atom. The lowest BCUT2D eigenvalue weighted by molar-refractivity contribution is 0.458. The molecule has 0 radical (unpaired) electrons. The van der Waals surface area contributed by atoms with Crippen LogP contribution in [-0.4, -0.2) is 37.0 Å². The Balaban J connectivity index is 2.51. The Kier molecular flexibility index (Phi) is 4.48. The molecule has 0 aliphatic carbocycles. The molecule has 1 aromatic heterocycles. The Hall–Kier alpha value is -1.61. The van der Waals surface area contributed by atoms with Crippen molar-refractivity contribution in [3.05, 3.63) is 23.0 Å². The van der Waals surface area contributed by atoms with Crippen molar-refractivity contribution < 1.29 is 8.42 Å². The largest absolute Gasteiger partial charge is 0.368 e. The third-order valence-corrected chi connectivity index (χ3v) is 7.56. The summed E-state index contributed by atoms with van der Waals surface area (Å²) in [6.07, 6.45) is 1.18. The minimum atomic E-state index is -3.11. The number of rotatable bonds is 3. The maximum Gasteiger partial charge on any atom is 0.159 e. The van der Waals surface area contributed by atoms with E-state index in [0.29, 0.717) is 37.2 Å². The first kappa shape index (κ1) is 16.8. The summed E-state index contributed by atoms with van der Waals surface area (Å²) < 4.78 is 24.3. The number of hydrogen-bond donors (Lipinski definition) is 0. The summed E-state index contributed by atoms with van der Waals surface area (Å²) in [7, 11) is -3.11. The smallest absolute Gasteiger partial charge is 0.159 e. The molecule has 0 N–H and O–H groups in total. The predicted octanol–water partition coefficient (Wildman–Crippen LogP) is 2.36. The first-order chi connectivity index (χ1) is 10.3. The van der Waals surface area contributed by atoms with Crippen LogP contribution in [0.25, 0.3) is 0 Å². The van der Waals surface area contributed by atoms with E-state index in [-0.39, 0.29) is 5.75 Å². The number of aromatic nitrogens is 1. The number of nitriles is 1. The Bertz CT molecular complexity index is 716. The number of pyridine rings is 1. The van der Waals surface area contributed by atoms with E-state index in [0.717, 1.165) is 11.4 Å². The highest BCUT2D eigenvalue weighted by atomic mass is 32.2. The molecule has 0 saturated carbocycles. The lowest BCUT2D eigenvalue weighted by Gasteiger charge is -2.42. The topological polar surface area (TPSA) is 74.1 Å². The van der Waals surface area contributed by atoms with E-state index in [1.807, 2.05) is 38.7 Å². The van der Waals surface area contributed by atoms with Crippen molar-refractivity contribution >= 4 is 15.5 Å². The molecule has 0 amide bonds. The van der Waals surface area contributed by atoms with Gasteiger partial charge in [-0.25, -0.2) is 8.42 Å². The number of sulfone groups is 1. The molecule has 1 aliphatic heterocycles. The molecule has 120 valence electrons. The zero-order valence-corrected chi connectivity index (χ0v) is 14.5. The molecule has 6 heteroatoms. The second-order valence-corrected chi connectivity index (χ2v) is 8.49. The molecule has 0 atom stereocenters. The highest BCUT2D eigenvalue weighted by Gasteiger charge is 2.45. The molecule has 0 unspecified atom stereocenters. The number of aryl methyl sites for hydroxylation is 2. The van der Waals surface area contributed by atoms with Crippen LogP contribution in [-0.2, 0) is 9.84 Å². The van der Waals surface area contributed by atoms with Crippen LogP contribution in [0.5, 0.6) is 0 Å². The summed E-state index contributed by atoms with van der Waals surface area (Å²) in [6, 6.07) is 4.11. The van der Waals surface area contributed by atoms with Gasteiger partial charge in [0.15, 0.2) is 9.84 Å². The van der Waals surface area contributed by atoms with Gasteiger partial charge in [-0.05, 0) is 32.8 Å². The van der Waals surface area contributed by atoms with Crippen molar-refractivity contribution in [2.45, 2.75) is 45.3 Å². The van der Waals surface area contributed by atoms with Gasteiger partial charge in [-0.15, -0.1) is 0 Å². The van der Waals surface area contributed by atoms with Gasteiger partial charge >= 0.3 is 0 Å². The third kappa shape index (κ3) is 2.58. The zero-order valence-electron chi connectivity index (χ0n) is 13.7. The molecule has 1 fully saturated rings. The van der Waals surface area contributed by atoms with Crippen LogP contribution in [0.2, 0.25) is 0 Å². The summed E-state index contributed by atoms with van der Waals surface area (Å²) in [5.74, 6) is 0.139. The number of anilines is 1. The maximum atomic E-state index is 12.5. The molecular weight excluding hydrogens is 298 g/mol. The first-order valence-electron chi connectivity index (χ1n) is 7.66. The van der Waals surface area contributed by atoms with Crippen molar-refractivity contribution in [2.75, 3.05) is 23.7 Å². The minimum absolute atomic E-state index is 0.139. The Morgan fingerprint density at radius 3 is 2.55 bits per heavy atom. The molecule has 0 spiro atoms. The number of nitrogens with zero attached hydrogens (tertiary/aromatic N) is 3. The van der Waals surface area contributed by atoms with Gasteiger partial charge in [-0.3, -0.25) is 4.98 Å². The second-order valence-electron chi connectivity index (χ2n) is 5.99. The van der Waals surface area contributed by atoms with Crippen LogP contribution >= 0.6 is 0 Å². The monoisotopic (exact) mass is 321 g/mol. The van der Waals surface area contributed by atoms with Gasteiger partial charge in [0.2, 0.25) is 0 Å². The fraction of sp³-hybridized carbons (Fsp3) is 0.625. The average molecular weight is 321 g/mol. The summed E-state index contributed by atoms with van der Waals surface area (Å²) >= 11 is 0. The lowest BCUT2D eigenvalue weighted by Crippen LogP contribution is -2.56. The van der Waals surface area contributed by atoms with Crippen molar-refractivity contribution in [1.29, 1.82) is 5.26 Å². The van der Waals surface area contributed by atoms with Crippen LogP contribution in [0.3, 0.4) is 0 Å². The van der Waals surface area contributed by atoms with Gasteiger partial charge in [0, 0.05) is 18.8 Å². The summed E-state index contributed by atoms with van der Waals surface area (Å²) in [4.78, 5) is 6.39. The van der Waals surface area contributed by atoms with E-state index in [9.17, 15) is 13.7 Å². The molecule has 0 aromatic carbocycles. The zero-order chi connectivity index (χ0) is 16.5. The highest BCUT2D eigenvalue weighted by Crippen LogP contribution is 2.35. The lowest BCUT2D eigenvalue weighted by atomic mass is 10.00. The quantitative estimate of drug-likeness (QED) is 0.854. The standard InChI is InChI=1S/C16H23N3O2S/c1-5-16(6-2)11-19(7-8-22(16,20)21)15-9-12(3)18-13(4)14(15)10-17/h9H,5-8,11H2,1-4H3. The molecule has 0 bridgehead atoms. The van der Waals surface area contributed by atoms with E-state index in [1.54, 1.807) is 0 Å². The van der Waals surface area contributed by atoms with E-state index in [4.69, 9.17) is 0 Å². The van der Waals surface area contributed by atoms with Gasteiger partial charge in [0.25, 0.3) is 0 Å².